The molecule has 0 unspecified atom stereocenters. The Balaban J connectivity index is 1.02. The summed E-state index contributed by atoms with van der Waals surface area (Å²) in [6, 6.07) is 91.1. The summed E-state index contributed by atoms with van der Waals surface area (Å²) in [5.41, 5.74) is 21.6. The van der Waals surface area contributed by atoms with Crippen LogP contribution in [0.4, 0.5) is 17.1 Å². The molecule has 11 aromatic carbocycles. The number of para-hydroxylation sites is 1. The van der Waals surface area contributed by atoms with E-state index in [2.05, 4.69) is 254 Å². The number of hydrogen-bond donors (Lipinski definition) is 0. The summed E-state index contributed by atoms with van der Waals surface area (Å²) in [7, 11) is 0. The monoisotopic (exact) mass is 851 g/mol. The van der Waals surface area contributed by atoms with Crippen LogP contribution in [0.2, 0.25) is 0 Å². The fraction of sp³-hybridized carbons (Fsp3) is 0.0154. The molecule has 0 bridgehead atoms. The van der Waals surface area contributed by atoms with Gasteiger partial charge in [-0.25, -0.2) is 0 Å². The number of fused-ring (bicyclic) bond motifs is 14. The van der Waals surface area contributed by atoms with E-state index >= 15 is 0 Å². The minimum atomic E-state index is -0.482. The molecular weight excluding hydrogens is 811 g/mol. The number of hydrogen-bond acceptors (Lipinski definition) is 2. The molecule has 0 fully saturated rings. The smallest absolute Gasteiger partial charge is 0.159 e. The molecule has 0 aliphatic heterocycles. The molecule has 2 nitrogen and oxygen atoms in total. The van der Waals surface area contributed by atoms with E-state index in [1.165, 1.54) is 72.0 Å². The molecular formula is C65H41NO. The van der Waals surface area contributed by atoms with Crippen molar-refractivity contribution >= 4 is 49.8 Å². The maximum atomic E-state index is 7.31. The zero-order valence-corrected chi connectivity index (χ0v) is 36.5. The molecule has 12 aromatic rings. The third kappa shape index (κ3) is 5.57. The van der Waals surface area contributed by atoms with Gasteiger partial charge in [-0.05, 0) is 132 Å². The normalized spacial score (nSPS) is 12.9. The standard InChI is InChI=1S/C65H41NO/c1-3-16-42(17-4-1)48-39-56(45-19-5-2-6-20-45)63-57(40-48)55-25-15-29-62(64(55)67-63)66(49-34-32-44(33-35-49)47-31-30-43-18-7-8-21-46(43)38-47)50-36-37-54-53-24-11-14-28-60(53)65(61(54)41-50)58-26-12-9-22-51(58)52-23-10-13-27-59(52)65/h1-41H. The molecule has 0 saturated heterocycles. The maximum Gasteiger partial charge on any atom is 0.159 e. The van der Waals surface area contributed by atoms with Gasteiger partial charge in [-0.3, -0.25) is 0 Å². The van der Waals surface area contributed by atoms with Crippen LogP contribution in [0.1, 0.15) is 22.3 Å². The van der Waals surface area contributed by atoms with Crippen molar-refractivity contribution < 1.29 is 4.42 Å². The predicted molar refractivity (Wildman–Crippen MR) is 279 cm³/mol. The van der Waals surface area contributed by atoms with Crippen LogP contribution >= 0.6 is 0 Å². The highest BCUT2D eigenvalue weighted by Crippen LogP contribution is 2.63. The van der Waals surface area contributed by atoms with Crippen LogP contribution in [0.25, 0.3) is 88.3 Å². The van der Waals surface area contributed by atoms with Crippen molar-refractivity contribution in [2.75, 3.05) is 4.90 Å². The molecule has 1 spiro atoms. The van der Waals surface area contributed by atoms with Gasteiger partial charge in [0.15, 0.2) is 5.58 Å². The molecule has 1 heterocycles. The summed E-state index contributed by atoms with van der Waals surface area (Å²) in [5, 5.41) is 4.63. The molecule has 14 rings (SSSR count). The zero-order valence-electron chi connectivity index (χ0n) is 36.5. The number of benzene rings is 11. The Kier molecular flexibility index (Phi) is 8.23. The molecule has 0 saturated carbocycles. The molecule has 0 N–H and O–H groups in total. The van der Waals surface area contributed by atoms with Gasteiger partial charge in [0, 0.05) is 27.7 Å². The Bertz CT molecular complexity index is 3860. The van der Waals surface area contributed by atoms with E-state index in [1.807, 2.05) is 0 Å². The quantitative estimate of drug-likeness (QED) is 0.166. The van der Waals surface area contributed by atoms with Crippen molar-refractivity contribution in [3.8, 4) is 55.6 Å². The predicted octanol–water partition coefficient (Wildman–Crippen LogP) is 17.6. The van der Waals surface area contributed by atoms with Crippen LogP contribution < -0.4 is 4.90 Å². The lowest BCUT2D eigenvalue weighted by Crippen LogP contribution is -2.26. The van der Waals surface area contributed by atoms with Gasteiger partial charge in [-0.1, -0.05) is 200 Å². The molecule has 2 aliphatic carbocycles. The summed E-state index contributed by atoms with van der Waals surface area (Å²) < 4.78 is 7.31. The molecule has 0 atom stereocenters. The molecule has 312 valence electrons. The summed E-state index contributed by atoms with van der Waals surface area (Å²) >= 11 is 0. The van der Waals surface area contributed by atoms with Crippen molar-refractivity contribution in [3.05, 3.63) is 271 Å². The third-order valence-corrected chi connectivity index (χ3v) is 14.5. The van der Waals surface area contributed by atoms with E-state index in [9.17, 15) is 0 Å². The van der Waals surface area contributed by atoms with Crippen molar-refractivity contribution in [1.29, 1.82) is 0 Å². The van der Waals surface area contributed by atoms with Crippen molar-refractivity contribution in [3.63, 3.8) is 0 Å². The Labute approximate surface area is 389 Å². The number of furan rings is 1. The summed E-state index contributed by atoms with van der Waals surface area (Å²) in [6.45, 7) is 0. The van der Waals surface area contributed by atoms with Crippen molar-refractivity contribution in [2.24, 2.45) is 0 Å². The largest absolute Gasteiger partial charge is 0.453 e. The molecule has 1 aromatic heterocycles. The minimum Gasteiger partial charge on any atom is -0.453 e. The second kappa shape index (κ2) is 14.7. The first-order valence-corrected chi connectivity index (χ1v) is 23.2. The Morgan fingerprint density at radius 1 is 0.284 bits per heavy atom. The van der Waals surface area contributed by atoms with Gasteiger partial charge in [-0.2, -0.15) is 0 Å². The summed E-state index contributed by atoms with van der Waals surface area (Å²) in [5.74, 6) is 0. The van der Waals surface area contributed by atoms with Gasteiger partial charge >= 0.3 is 0 Å². The van der Waals surface area contributed by atoms with Gasteiger partial charge in [-0.15, -0.1) is 0 Å². The maximum absolute atomic E-state index is 7.31. The lowest BCUT2D eigenvalue weighted by atomic mass is 9.70. The number of anilines is 3. The lowest BCUT2D eigenvalue weighted by Gasteiger charge is -2.32. The SMILES string of the molecule is c1ccc(-c2cc(-c3ccccc3)c3oc4c(N(c5ccc(-c6ccc7ccccc7c6)cc5)c5ccc6c(c5)C5(c7ccccc7-c7ccccc75)c5ccccc5-6)cccc4c3c2)cc1. The topological polar surface area (TPSA) is 16.4 Å². The van der Waals surface area contributed by atoms with E-state index in [4.69, 9.17) is 4.42 Å². The Morgan fingerprint density at radius 3 is 1.52 bits per heavy atom. The van der Waals surface area contributed by atoms with Gasteiger partial charge in [0.05, 0.1) is 11.1 Å². The third-order valence-electron chi connectivity index (χ3n) is 14.5. The van der Waals surface area contributed by atoms with Crippen LogP contribution in [-0.4, -0.2) is 0 Å². The van der Waals surface area contributed by atoms with Crippen LogP contribution in [-0.2, 0) is 5.41 Å². The molecule has 2 heteroatoms. The first-order valence-electron chi connectivity index (χ1n) is 23.2. The summed E-state index contributed by atoms with van der Waals surface area (Å²) in [4.78, 5) is 2.42. The zero-order chi connectivity index (χ0) is 44.1. The number of nitrogens with zero attached hydrogens (tertiary/aromatic N) is 1. The first-order chi connectivity index (χ1) is 33.2. The van der Waals surface area contributed by atoms with Crippen molar-refractivity contribution in [1.82, 2.24) is 0 Å². The van der Waals surface area contributed by atoms with Crippen LogP contribution in [0, 0.1) is 0 Å². The van der Waals surface area contributed by atoms with E-state index in [1.54, 1.807) is 0 Å². The van der Waals surface area contributed by atoms with Gasteiger partial charge in [0.25, 0.3) is 0 Å². The second-order valence-electron chi connectivity index (χ2n) is 17.9. The lowest BCUT2D eigenvalue weighted by molar-refractivity contribution is 0.670. The molecule has 67 heavy (non-hydrogen) atoms. The fourth-order valence-corrected chi connectivity index (χ4v) is 11.5. The Morgan fingerprint density at radius 2 is 0.836 bits per heavy atom. The van der Waals surface area contributed by atoms with E-state index < -0.39 is 5.41 Å². The van der Waals surface area contributed by atoms with Crippen LogP contribution in [0.3, 0.4) is 0 Å². The van der Waals surface area contributed by atoms with Gasteiger partial charge in [0.2, 0.25) is 0 Å². The average molecular weight is 852 g/mol. The van der Waals surface area contributed by atoms with E-state index in [0.29, 0.717) is 0 Å². The highest BCUT2D eigenvalue weighted by atomic mass is 16.3. The van der Waals surface area contributed by atoms with E-state index in [-0.39, 0.29) is 0 Å². The summed E-state index contributed by atoms with van der Waals surface area (Å²) in [6.07, 6.45) is 0. The highest BCUT2D eigenvalue weighted by molar-refractivity contribution is 6.15. The molecule has 2 aliphatic rings. The minimum absolute atomic E-state index is 0.482. The van der Waals surface area contributed by atoms with Gasteiger partial charge in [0.1, 0.15) is 5.58 Å². The van der Waals surface area contributed by atoms with Crippen LogP contribution in [0.5, 0.6) is 0 Å². The fourth-order valence-electron chi connectivity index (χ4n) is 11.5. The highest BCUT2D eigenvalue weighted by Gasteiger charge is 2.51. The average Bonchev–Trinajstić information content (AvgIpc) is 4.04. The van der Waals surface area contributed by atoms with E-state index in [0.717, 1.165) is 55.7 Å². The number of rotatable bonds is 6. The van der Waals surface area contributed by atoms with Gasteiger partial charge < -0.3 is 9.32 Å². The van der Waals surface area contributed by atoms with Crippen LogP contribution in [0.15, 0.2) is 253 Å². The molecule has 0 radical (unpaired) electrons. The Hall–Kier alpha value is -8.72. The first kappa shape index (κ1) is 37.6. The van der Waals surface area contributed by atoms with Crippen molar-refractivity contribution in [2.45, 2.75) is 5.41 Å². The second-order valence-corrected chi connectivity index (χ2v) is 17.9. The molecule has 0 amide bonds.